The van der Waals surface area contributed by atoms with Crippen molar-refractivity contribution in [3.63, 3.8) is 0 Å². The summed E-state index contributed by atoms with van der Waals surface area (Å²) in [4.78, 5) is 23.5. The highest BCUT2D eigenvalue weighted by atomic mass is 19.1. The van der Waals surface area contributed by atoms with Gasteiger partial charge in [-0.2, -0.15) is 0 Å². The first-order valence-electron chi connectivity index (χ1n) is 8.18. The molecule has 0 unspecified atom stereocenters. The molecule has 0 atom stereocenters. The minimum atomic E-state index is -0.732. The third kappa shape index (κ3) is 5.79. The van der Waals surface area contributed by atoms with Gasteiger partial charge in [0.1, 0.15) is 5.82 Å². The van der Waals surface area contributed by atoms with Crippen molar-refractivity contribution in [2.24, 2.45) is 5.92 Å². The molecule has 0 radical (unpaired) electrons. The molecule has 132 valence electrons. The fourth-order valence-corrected chi connectivity index (χ4v) is 2.68. The number of carbonyl (C=O) groups is 2. The maximum atomic E-state index is 13.3. The van der Waals surface area contributed by atoms with Crippen LogP contribution in [0.25, 0.3) is 0 Å². The van der Waals surface area contributed by atoms with Crippen LogP contribution in [-0.2, 0) is 9.59 Å². The van der Waals surface area contributed by atoms with E-state index in [1.165, 1.54) is 6.42 Å². The quantitative estimate of drug-likeness (QED) is 0.748. The smallest absolute Gasteiger partial charge is 0.258 e. The Morgan fingerprint density at radius 3 is 2.54 bits per heavy atom. The monoisotopic (exact) mass is 340 g/mol. The Bertz CT molecular complexity index is 575. The van der Waals surface area contributed by atoms with Crippen LogP contribution < -0.4 is 15.4 Å². The normalized spacial score (nSPS) is 14.9. The molecule has 1 aromatic rings. The first kappa shape index (κ1) is 18.2. The Balaban J connectivity index is 1.61. The summed E-state index contributed by atoms with van der Waals surface area (Å²) in [6.45, 7) is 0.165. The molecule has 1 fully saturated rings. The molecule has 1 saturated carbocycles. The summed E-state index contributed by atoms with van der Waals surface area (Å²) in [5, 5.41) is 5.34. The van der Waals surface area contributed by atoms with Crippen LogP contribution in [0.5, 0.6) is 5.75 Å². The Morgan fingerprint density at radius 2 is 1.79 bits per heavy atom. The average molecular weight is 340 g/mol. The molecule has 0 aliphatic heterocycles. The minimum absolute atomic E-state index is 0.0297. The summed E-state index contributed by atoms with van der Waals surface area (Å²) in [6, 6.07) is 2.79. The van der Waals surface area contributed by atoms with Crippen molar-refractivity contribution in [1.29, 1.82) is 0 Å². The number of ether oxygens (including phenoxy) is 1. The van der Waals surface area contributed by atoms with Crippen molar-refractivity contribution in [3.8, 4) is 5.75 Å². The number of hydrogen-bond donors (Lipinski definition) is 2. The molecule has 1 aliphatic rings. The highest BCUT2D eigenvalue weighted by Gasteiger charge is 2.20. The van der Waals surface area contributed by atoms with E-state index in [0.717, 1.165) is 43.9 Å². The molecule has 2 rings (SSSR count). The van der Waals surface area contributed by atoms with Crippen LogP contribution >= 0.6 is 0 Å². The topological polar surface area (TPSA) is 67.4 Å². The lowest BCUT2D eigenvalue weighted by Crippen LogP contribution is -2.39. The van der Waals surface area contributed by atoms with E-state index >= 15 is 0 Å². The molecule has 1 aromatic carbocycles. The number of hydrogen-bond acceptors (Lipinski definition) is 3. The zero-order chi connectivity index (χ0) is 17.4. The van der Waals surface area contributed by atoms with Crippen molar-refractivity contribution < 1.29 is 23.1 Å². The van der Waals surface area contributed by atoms with Crippen LogP contribution in [-0.4, -0.2) is 31.5 Å². The summed E-state index contributed by atoms with van der Waals surface area (Å²) in [6.07, 6.45) is 5.20. The first-order valence-corrected chi connectivity index (χ1v) is 8.18. The Kier molecular flexibility index (Phi) is 6.96. The second-order valence-corrected chi connectivity index (χ2v) is 5.84. The number of carbonyl (C=O) groups excluding carboxylic acids is 2. The van der Waals surface area contributed by atoms with E-state index in [1.807, 2.05) is 0 Å². The third-order valence-electron chi connectivity index (χ3n) is 3.97. The van der Waals surface area contributed by atoms with Crippen molar-refractivity contribution in [2.75, 3.05) is 19.7 Å². The van der Waals surface area contributed by atoms with Gasteiger partial charge in [-0.1, -0.05) is 19.3 Å². The van der Waals surface area contributed by atoms with Crippen molar-refractivity contribution >= 4 is 11.8 Å². The minimum Gasteiger partial charge on any atom is -0.481 e. The maximum Gasteiger partial charge on any atom is 0.258 e. The van der Waals surface area contributed by atoms with E-state index in [1.54, 1.807) is 0 Å². The molecule has 0 saturated heterocycles. The number of rotatable bonds is 7. The number of benzene rings is 1. The van der Waals surface area contributed by atoms with Gasteiger partial charge in [-0.05, 0) is 25.0 Å². The van der Waals surface area contributed by atoms with Gasteiger partial charge < -0.3 is 15.4 Å². The molecule has 0 aromatic heterocycles. The van der Waals surface area contributed by atoms with Crippen molar-refractivity contribution in [3.05, 3.63) is 29.8 Å². The zero-order valence-corrected chi connectivity index (χ0v) is 13.4. The molecule has 0 spiro atoms. The first-order chi connectivity index (χ1) is 11.6. The van der Waals surface area contributed by atoms with E-state index in [4.69, 9.17) is 4.74 Å². The highest BCUT2D eigenvalue weighted by molar-refractivity contribution is 5.79. The Hall–Kier alpha value is -2.18. The van der Waals surface area contributed by atoms with Crippen LogP contribution in [0.4, 0.5) is 8.78 Å². The zero-order valence-electron chi connectivity index (χ0n) is 13.4. The van der Waals surface area contributed by atoms with Gasteiger partial charge in [-0.25, -0.2) is 8.78 Å². The van der Waals surface area contributed by atoms with Gasteiger partial charge in [0.15, 0.2) is 18.2 Å². The molecule has 0 heterocycles. The second kappa shape index (κ2) is 9.20. The van der Waals surface area contributed by atoms with Gasteiger partial charge in [0.05, 0.1) is 0 Å². The van der Waals surface area contributed by atoms with Crippen LogP contribution in [0.2, 0.25) is 0 Å². The van der Waals surface area contributed by atoms with Gasteiger partial charge in [-0.3, -0.25) is 9.59 Å². The van der Waals surface area contributed by atoms with Crippen molar-refractivity contribution in [2.45, 2.75) is 32.1 Å². The number of amides is 2. The van der Waals surface area contributed by atoms with Crippen LogP contribution in [0.3, 0.4) is 0 Å². The van der Waals surface area contributed by atoms with Crippen LogP contribution in [0.15, 0.2) is 18.2 Å². The lowest BCUT2D eigenvalue weighted by atomic mass is 9.89. The molecule has 1 aliphatic carbocycles. The second-order valence-electron chi connectivity index (χ2n) is 5.84. The summed E-state index contributed by atoms with van der Waals surface area (Å²) in [7, 11) is 0. The fraction of sp³-hybridized carbons (Fsp3) is 0.529. The van der Waals surface area contributed by atoms with Gasteiger partial charge in [0.2, 0.25) is 5.91 Å². The molecular formula is C17H22F2N2O3. The van der Waals surface area contributed by atoms with Gasteiger partial charge in [0, 0.05) is 25.1 Å². The van der Waals surface area contributed by atoms with Gasteiger partial charge in [0.25, 0.3) is 5.91 Å². The van der Waals surface area contributed by atoms with Crippen molar-refractivity contribution in [1.82, 2.24) is 10.6 Å². The number of halogens is 2. The lowest BCUT2D eigenvalue weighted by Gasteiger charge is -2.20. The summed E-state index contributed by atoms with van der Waals surface area (Å²) < 4.78 is 31.2. The van der Waals surface area contributed by atoms with Gasteiger partial charge >= 0.3 is 0 Å². The Labute approximate surface area is 139 Å². The van der Waals surface area contributed by atoms with E-state index in [9.17, 15) is 18.4 Å². The molecule has 2 amide bonds. The average Bonchev–Trinajstić information content (AvgIpc) is 2.60. The Morgan fingerprint density at radius 1 is 1.08 bits per heavy atom. The van der Waals surface area contributed by atoms with Gasteiger partial charge in [-0.15, -0.1) is 0 Å². The summed E-state index contributed by atoms with van der Waals surface area (Å²) in [5.41, 5.74) is 0. The van der Waals surface area contributed by atoms with E-state index < -0.39 is 24.1 Å². The summed E-state index contributed by atoms with van der Waals surface area (Å²) >= 11 is 0. The molecule has 24 heavy (non-hydrogen) atoms. The molecule has 5 nitrogen and oxygen atoms in total. The van der Waals surface area contributed by atoms with E-state index in [0.29, 0.717) is 6.54 Å². The predicted octanol–water partition coefficient (Wildman–Crippen LogP) is 2.16. The standard InChI is InChI=1S/C17H22F2N2O3/c18-13-6-7-14(19)15(10-13)24-11-16(22)20-8-9-21-17(23)12-4-2-1-3-5-12/h6-7,10,12H,1-5,8-9,11H2,(H,20,22)(H,21,23). The van der Waals surface area contributed by atoms with Crippen LogP contribution in [0.1, 0.15) is 32.1 Å². The predicted molar refractivity (Wildman–Crippen MR) is 84.4 cm³/mol. The largest absolute Gasteiger partial charge is 0.481 e. The van der Waals surface area contributed by atoms with Crippen LogP contribution in [0, 0.1) is 17.6 Å². The molecular weight excluding hydrogens is 318 g/mol. The third-order valence-corrected chi connectivity index (χ3v) is 3.97. The molecule has 0 bridgehead atoms. The molecule has 2 N–H and O–H groups in total. The summed E-state index contributed by atoms with van der Waals surface area (Å²) in [5.74, 6) is -2.04. The lowest BCUT2D eigenvalue weighted by molar-refractivity contribution is -0.126. The van der Waals surface area contributed by atoms with E-state index in [2.05, 4.69) is 10.6 Å². The highest BCUT2D eigenvalue weighted by Crippen LogP contribution is 2.23. The SMILES string of the molecule is O=C(COc1cc(F)ccc1F)NCCNC(=O)C1CCCCC1. The maximum absolute atomic E-state index is 13.3. The molecule has 7 heteroatoms. The fourth-order valence-electron chi connectivity index (χ4n) is 2.68. The number of nitrogens with one attached hydrogen (secondary N) is 2. The van der Waals surface area contributed by atoms with E-state index in [-0.39, 0.29) is 24.1 Å².